The lowest BCUT2D eigenvalue weighted by molar-refractivity contribution is -0.132. The first-order valence-electron chi connectivity index (χ1n) is 11.3. The minimum atomic E-state index is -0.351. The lowest BCUT2D eigenvalue weighted by atomic mass is 9.92. The smallest absolute Gasteiger partial charge is 0.254 e. The first-order chi connectivity index (χ1) is 14.9. The summed E-state index contributed by atoms with van der Waals surface area (Å²) in [5.41, 5.74) is 0.832. The number of nitrogens with one attached hydrogen (secondary N) is 1. The molecule has 1 aromatic rings. The molecular formula is C23H30N4O4. The van der Waals surface area contributed by atoms with E-state index in [0.717, 1.165) is 44.3 Å². The predicted octanol–water partition coefficient (Wildman–Crippen LogP) is 0.871. The van der Waals surface area contributed by atoms with Gasteiger partial charge in [-0.25, -0.2) is 0 Å². The second-order valence-electron chi connectivity index (χ2n) is 9.51. The van der Waals surface area contributed by atoms with Gasteiger partial charge in [0.05, 0.1) is 12.1 Å². The molecule has 4 saturated heterocycles. The lowest BCUT2D eigenvalue weighted by Crippen LogP contribution is -2.62. The molecule has 1 aromatic carbocycles. The zero-order valence-electron chi connectivity index (χ0n) is 18.0. The Morgan fingerprint density at radius 2 is 1.84 bits per heavy atom. The molecule has 2 N–H and O–H groups in total. The van der Waals surface area contributed by atoms with E-state index in [4.69, 9.17) is 0 Å². The van der Waals surface area contributed by atoms with Crippen molar-refractivity contribution in [1.29, 1.82) is 0 Å². The van der Waals surface area contributed by atoms with Crippen LogP contribution >= 0.6 is 0 Å². The second-order valence-corrected chi connectivity index (χ2v) is 9.51. The summed E-state index contributed by atoms with van der Waals surface area (Å²) in [5.74, 6) is 0.109. The number of likely N-dealkylation sites (tertiary alicyclic amines) is 2. The molecule has 4 aliphatic rings. The van der Waals surface area contributed by atoms with Crippen molar-refractivity contribution in [1.82, 2.24) is 20.0 Å². The molecule has 31 heavy (non-hydrogen) atoms. The maximum atomic E-state index is 13.1. The molecule has 8 nitrogen and oxygen atoms in total. The molecule has 4 heterocycles. The average Bonchev–Trinajstić information content (AvgIpc) is 3.37. The van der Waals surface area contributed by atoms with Crippen LogP contribution in [-0.2, 0) is 9.59 Å². The van der Waals surface area contributed by atoms with Crippen LogP contribution in [0.1, 0.15) is 48.0 Å². The molecule has 0 bridgehead atoms. The van der Waals surface area contributed by atoms with Crippen molar-refractivity contribution in [3.05, 3.63) is 29.3 Å². The molecule has 166 valence electrons. The zero-order valence-corrected chi connectivity index (χ0v) is 18.0. The van der Waals surface area contributed by atoms with E-state index in [9.17, 15) is 19.5 Å². The highest BCUT2D eigenvalue weighted by atomic mass is 16.3. The standard InChI is InChI=1S/C23H30N4O4/c1-15-4-5-16(10-19(15)28)21(30)25-13-18(14-25)27-12-17(11-20(27)29)24-22(31)23-6-2-8-26(23)9-3-7-23/h4-5,10,17-18,28H,2-3,6-9,11-14H2,1H3,(H,24,31). The molecule has 4 aliphatic heterocycles. The Labute approximate surface area is 182 Å². The van der Waals surface area contributed by atoms with E-state index in [1.807, 2.05) is 4.90 Å². The highest BCUT2D eigenvalue weighted by Crippen LogP contribution is 2.39. The van der Waals surface area contributed by atoms with Gasteiger partial charge in [0.2, 0.25) is 11.8 Å². The zero-order chi connectivity index (χ0) is 21.8. The number of phenols is 1. The Bertz CT molecular complexity index is 916. The Kier molecular flexibility index (Phi) is 4.92. The van der Waals surface area contributed by atoms with Gasteiger partial charge in [0.15, 0.2) is 0 Å². The summed E-state index contributed by atoms with van der Waals surface area (Å²) in [6, 6.07) is 4.77. The number of benzene rings is 1. The van der Waals surface area contributed by atoms with Crippen LogP contribution < -0.4 is 5.32 Å². The van der Waals surface area contributed by atoms with Crippen LogP contribution in [0.2, 0.25) is 0 Å². The molecule has 5 rings (SSSR count). The van der Waals surface area contributed by atoms with Crippen LogP contribution in [0.25, 0.3) is 0 Å². The second kappa shape index (κ2) is 7.51. The summed E-state index contributed by atoms with van der Waals surface area (Å²) in [4.78, 5) is 44.1. The Morgan fingerprint density at radius 3 is 2.52 bits per heavy atom. The van der Waals surface area contributed by atoms with Crippen LogP contribution in [-0.4, -0.2) is 87.9 Å². The first kappa shape index (κ1) is 20.3. The van der Waals surface area contributed by atoms with Gasteiger partial charge in [0, 0.05) is 31.6 Å². The van der Waals surface area contributed by atoms with Crippen molar-refractivity contribution in [3.63, 3.8) is 0 Å². The molecule has 0 aliphatic carbocycles. The van der Waals surface area contributed by atoms with Crippen molar-refractivity contribution in [2.75, 3.05) is 32.7 Å². The maximum absolute atomic E-state index is 13.1. The van der Waals surface area contributed by atoms with E-state index in [-0.39, 0.29) is 41.1 Å². The molecule has 0 saturated carbocycles. The molecule has 0 radical (unpaired) electrons. The van der Waals surface area contributed by atoms with Gasteiger partial charge in [-0.1, -0.05) is 6.07 Å². The van der Waals surface area contributed by atoms with Gasteiger partial charge >= 0.3 is 0 Å². The van der Waals surface area contributed by atoms with Gasteiger partial charge in [-0.05, 0) is 63.4 Å². The van der Waals surface area contributed by atoms with E-state index in [0.29, 0.717) is 31.6 Å². The third-order valence-electron chi connectivity index (χ3n) is 7.60. The van der Waals surface area contributed by atoms with E-state index >= 15 is 0 Å². The van der Waals surface area contributed by atoms with Crippen molar-refractivity contribution in [2.45, 2.75) is 56.7 Å². The number of carbonyl (C=O) groups is 3. The number of amides is 3. The fraction of sp³-hybridized carbons (Fsp3) is 0.609. The van der Waals surface area contributed by atoms with Gasteiger partial charge in [0.25, 0.3) is 5.91 Å². The summed E-state index contributed by atoms with van der Waals surface area (Å²) in [7, 11) is 0. The molecule has 8 heteroatoms. The van der Waals surface area contributed by atoms with Crippen molar-refractivity contribution in [2.24, 2.45) is 0 Å². The molecule has 1 atom stereocenters. The molecule has 0 spiro atoms. The van der Waals surface area contributed by atoms with E-state index < -0.39 is 0 Å². The molecular weight excluding hydrogens is 396 g/mol. The summed E-state index contributed by atoms with van der Waals surface area (Å²) >= 11 is 0. The third-order valence-corrected chi connectivity index (χ3v) is 7.60. The number of phenolic OH excluding ortho intramolecular Hbond substituents is 1. The van der Waals surface area contributed by atoms with Gasteiger partial charge in [-0.2, -0.15) is 0 Å². The number of nitrogens with zero attached hydrogens (tertiary/aromatic N) is 3. The van der Waals surface area contributed by atoms with Crippen molar-refractivity contribution < 1.29 is 19.5 Å². The van der Waals surface area contributed by atoms with E-state index in [2.05, 4.69) is 10.2 Å². The Hall–Kier alpha value is -2.61. The summed E-state index contributed by atoms with van der Waals surface area (Å²) in [6.45, 7) is 5.25. The lowest BCUT2D eigenvalue weighted by Gasteiger charge is -2.44. The normalized spacial score (nSPS) is 25.6. The quantitative estimate of drug-likeness (QED) is 0.745. The minimum absolute atomic E-state index is 0.00924. The number of rotatable bonds is 4. The summed E-state index contributed by atoms with van der Waals surface area (Å²) in [5, 5.41) is 13.0. The third kappa shape index (κ3) is 3.37. The molecule has 1 unspecified atom stereocenters. The van der Waals surface area contributed by atoms with Gasteiger partial charge in [-0.15, -0.1) is 0 Å². The number of hydrogen-bond acceptors (Lipinski definition) is 5. The van der Waals surface area contributed by atoms with E-state index in [1.54, 1.807) is 24.0 Å². The van der Waals surface area contributed by atoms with Gasteiger partial charge in [0.1, 0.15) is 11.3 Å². The summed E-state index contributed by atoms with van der Waals surface area (Å²) < 4.78 is 0. The Morgan fingerprint density at radius 1 is 1.13 bits per heavy atom. The number of fused-ring (bicyclic) bond motifs is 1. The van der Waals surface area contributed by atoms with Crippen molar-refractivity contribution in [3.8, 4) is 5.75 Å². The molecule has 3 amide bonds. The first-order valence-corrected chi connectivity index (χ1v) is 11.3. The van der Waals surface area contributed by atoms with Crippen LogP contribution in [0.5, 0.6) is 5.75 Å². The fourth-order valence-corrected chi connectivity index (χ4v) is 5.72. The summed E-state index contributed by atoms with van der Waals surface area (Å²) in [6.07, 6.45) is 4.29. The van der Waals surface area contributed by atoms with E-state index in [1.165, 1.54) is 6.07 Å². The monoisotopic (exact) mass is 426 g/mol. The van der Waals surface area contributed by atoms with Crippen LogP contribution in [0.3, 0.4) is 0 Å². The maximum Gasteiger partial charge on any atom is 0.254 e. The van der Waals surface area contributed by atoms with Gasteiger partial charge < -0.3 is 20.2 Å². The highest BCUT2D eigenvalue weighted by Gasteiger charge is 2.51. The minimum Gasteiger partial charge on any atom is -0.508 e. The van der Waals surface area contributed by atoms with Crippen LogP contribution in [0.4, 0.5) is 0 Å². The fourth-order valence-electron chi connectivity index (χ4n) is 5.72. The molecule has 0 aromatic heterocycles. The highest BCUT2D eigenvalue weighted by molar-refractivity contribution is 5.95. The Balaban J connectivity index is 1.16. The number of carbonyl (C=O) groups excluding carboxylic acids is 3. The number of hydrogen-bond donors (Lipinski definition) is 2. The van der Waals surface area contributed by atoms with Crippen molar-refractivity contribution >= 4 is 17.7 Å². The largest absolute Gasteiger partial charge is 0.508 e. The van der Waals surface area contributed by atoms with Gasteiger partial charge in [-0.3, -0.25) is 19.3 Å². The topological polar surface area (TPSA) is 93.2 Å². The number of aryl methyl sites for hydroxylation is 1. The predicted molar refractivity (Wildman–Crippen MR) is 114 cm³/mol. The van der Waals surface area contributed by atoms with Crippen LogP contribution in [0.15, 0.2) is 18.2 Å². The molecule has 4 fully saturated rings. The SMILES string of the molecule is Cc1ccc(C(=O)N2CC(N3CC(NC(=O)C45CCCN4CCC5)CC3=O)C2)cc1O. The average molecular weight is 427 g/mol. The number of aromatic hydroxyl groups is 1. The van der Waals surface area contributed by atoms with Crippen LogP contribution in [0, 0.1) is 6.92 Å².